The second-order valence-corrected chi connectivity index (χ2v) is 6.87. The van der Waals surface area contributed by atoms with Crippen molar-refractivity contribution in [2.24, 2.45) is 0 Å². The first-order valence-corrected chi connectivity index (χ1v) is 7.96. The van der Waals surface area contributed by atoms with E-state index in [1.54, 1.807) is 4.31 Å². The van der Waals surface area contributed by atoms with Gasteiger partial charge >= 0.3 is 0 Å². The summed E-state index contributed by atoms with van der Waals surface area (Å²) in [5, 5.41) is 10.5. The minimum atomic E-state index is -3.04. The number of aromatic nitrogens is 2. The van der Waals surface area contributed by atoms with E-state index in [-0.39, 0.29) is 0 Å². The van der Waals surface area contributed by atoms with Crippen LogP contribution < -0.4 is 5.32 Å². The van der Waals surface area contributed by atoms with Crippen molar-refractivity contribution in [2.75, 3.05) is 24.7 Å². The highest BCUT2D eigenvalue weighted by Crippen LogP contribution is 2.22. The Morgan fingerprint density at radius 2 is 1.94 bits per heavy atom. The lowest BCUT2D eigenvalue weighted by Gasteiger charge is -2.31. The van der Waals surface area contributed by atoms with Crippen LogP contribution >= 0.6 is 0 Å². The number of rotatable bonds is 3. The maximum atomic E-state index is 11.4. The fourth-order valence-corrected chi connectivity index (χ4v) is 3.17. The molecule has 2 N–H and O–H groups in total. The third-order valence-electron chi connectivity index (χ3n) is 3.40. The van der Waals surface area contributed by atoms with Gasteiger partial charge in [-0.2, -0.15) is 5.10 Å². The van der Waals surface area contributed by atoms with E-state index >= 15 is 0 Å². The minimum Gasteiger partial charge on any atom is -0.379 e. The number of aryl methyl sites for hydroxylation is 2. The number of nitrogens with one attached hydrogen (secondary N) is 2. The molecule has 1 aliphatic rings. The Balaban J connectivity index is 1.95. The first kappa shape index (κ1) is 13.4. The molecule has 7 heteroatoms. The van der Waals surface area contributed by atoms with Crippen molar-refractivity contribution in [3.05, 3.63) is 11.4 Å². The zero-order valence-electron chi connectivity index (χ0n) is 11.0. The predicted octanol–water partition coefficient (Wildman–Crippen LogP) is 0.862. The van der Waals surface area contributed by atoms with Gasteiger partial charge in [0, 0.05) is 19.1 Å². The third-order valence-corrected chi connectivity index (χ3v) is 4.70. The average molecular weight is 272 g/mol. The summed E-state index contributed by atoms with van der Waals surface area (Å²) in [5.74, 6) is 0. The van der Waals surface area contributed by atoms with E-state index in [0.717, 1.165) is 29.9 Å². The van der Waals surface area contributed by atoms with Gasteiger partial charge in [0.15, 0.2) is 0 Å². The minimum absolute atomic E-state index is 0.318. The van der Waals surface area contributed by atoms with Gasteiger partial charge in [-0.25, -0.2) is 12.7 Å². The number of nitrogens with zero attached hydrogens (tertiary/aromatic N) is 2. The maximum absolute atomic E-state index is 11.4. The van der Waals surface area contributed by atoms with E-state index in [4.69, 9.17) is 0 Å². The maximum Gasteiger partial charge on any atom is 0.211 e. The number of hydrogen-bond acceptors (Lipinski definition) is 4. The molecule has 0 unspecified atom stereocenters. The predicted molar refractivity (Wildman–Crippen MR) is 71.1 cm³/mol. The van der Waals surface area contributed by atoms with Gasteiger partial charge in [-0.3, -0.25) is 5.10 Å². The highest BCUT2D eigenvalue weighted by Gasteiger charge is 2.25. The summed E-state index contributed by atoms with van der Waals surface area (Å²) in [4.78, 5) is 0. The Morgan fingerprint density at radius 3 is 2.39 bits per heavy atom. The summed E-state index contributed by atoms with van der Waals surface area (Å²) in [7, 11) is -3.04. The Hall–Kier alpha value is -1.08. The summed E-state index contributed by atoms with van der Waals surface area (Å²) in [6.07, 6.45) is 2.93. The van der Waals surface area contributed by atoms with Gasteiger partial charge in [-0.05, 0) is 26.7 Å². The Bertz CT molecular complexity index is 496. The van der Waals surface area contributed by atoms with Crippen LogP contribution in [-0.4, -0.2) is 48.3 Å². The first-order chi connectivity index (χ1) is 8.38. The third kappa shape index (κ3) is 2.84. The molecule has 0 saturated carbocycles. The van der Waals surface area contributed by atoms with E-state index in [1.807, 2.05) is 13.8 Å². The van der Waals surface area contributed by atoms with E-state index in [0.29, 0.717) is 19.1 Å². The molecular formula is C11H20N4O2S. The number of H-pyrrole nitrogens is 1. The molecule has 0 bridgehead atoms. The lowest BCUT2D eigenvalue weighted by molar-refractivity contribution is 0.332. The van der Waals surface area contributed by atoms with Gasteiger partial charge < -0.3 is 5.32 Å². The Labute approximate surface area is 108 Å². The standard InChI is InChI=1S/C11H20N4O2S/c1-8-11(9(2)14-13-8)12-10-4-6-15(7-5-10)18(3,16)17/h10,12H,4-7H2,1-3H3,(H,13,14). The lowest BCUT2D eigenvalue weighted by Crippen LogP contribution is -2.41. The molecule has 0 atom stereocenters. The highest BCUT2D eigenvalue weighted by atomic mass is 32.2. The normalized spacial score (nSPS) is 19.1. The SMILES string of the molecule is Cc1n[nH]c(C)c1NC1CCN(S(C)(=O)=O)CC1. The second kappa shape index (κ2) is 4.89. The van der Waals surface area contributed by atoms with Crippen LogP contribution in [0.4, 0.5) is 5.69 Å². The monoisotopic (exact) mass is 272 g/mol. The average Bonchev–Trinajstić information content (AvgIpc) is 2.60. The zero-order valence-corrected chi connectivity index (χ0v) is 11.8. The van der Waals surface area contributed by atoms with Crippen LogP contribution in [0, 0.1) is 13.8 Å². The molecule has 1 saturated heterocycles. The number of hydrogen-bond donors (Lipinski definition) is 2. The van der Waals surface area contributed by atoms with Crippen LogP contribution in [0.15, 0.2) is 0 Å². The summed E-state index contributed by atoms with van der Waals surface area (Å²) in [6, 6.07) is 0.318. The molecule has 6 nitrogen and oxygen atoms in total. The van der Waals surface area contributed by atoms with Gasteiger partial charge in [-0.1, -0.05) is 0 Å². The molecule has 1 aliphatic heterocycles. The van der Waals surface area contributed by atoms with Gasteiger partial charge in [0.25, 0.3) is 0 Å². The van der Waals surface area contributed by atoms with Crippen LogP contribution in [0.2, 0.25) is 0 Å². The van der Waals surface area contributed by atoms with Gasteiger partial charge in [-0.15, -0.1) is 0 Å². The number of anilines is 1. The summed E-state index contributed by atoms with van der Waals surface area (Å²) < 4.78 is 24.4. The summed E-state index contributed by atoms with van der Waals surface area (Å²) in [6.45, 7) is 5.12. The van der Waals surface area contributed by atoms with Crippen LogP contribution in [-0.2, 0) is 10.0 Å². The molecule has 0 radical (unpaired) electrons. The number of piperidine rings is 1. The van der Waals surface area contributed by atoms with Crippen LogP contribution in [0.1, 0.15) is 24.2 Å². The zero-order chi connectivity index (χ0) is 13.3. The topological polar surface area (TPSA) is 78.1 Å². The van der Waals surface area contributed by atoms with Crippen LogP contribution in [0.5, 0.6) is 0 Å². The highest BCUT2D eigenvalue weighted by molar-refractivity contribution is 7.88. The molecule has 18 heavy (non-hydrogen) atoms. The molecule has 102 valence electrons. The van der Waals surface area contributed by atoms with Crippen molar-refractivity contribution in [3.63, 3.8) is 0 Å². The molecule has 0 aliphatic carbocycles. The van der Waals surface area contributed by atoms with Gasteiger partial charge in [0.05, 0.1) is 23.3 Å². The fraction of sp³-hybridized carbons (Fsp3) is 0.727. The number of sulfonamides is 1. The van der Waals surface area contributed by atoms with Crippen LogP contribution in [0.25, 0.3) is 0 Å². The molecule has 2 heterocycles. The molecule has 1 aromatic rings. The Morgan fingerprint density at radius 1 is 1.33 bits per heavy atom. The Kier molecular flexibility index (Phi) is 3.63. The largest absolute Gasteiger partial charge is 0.379 e. The van der Waals surface area contributed by atoms with Crippen molar-refractivity contribution in [1.82, 2.24) is 14.5 Å². The number of aromatic amines is 1. The van der Waals surface area contributed by atoms with Crippen molar-refractivity contribution < 1.29 is 8.42 Å². The summed E-state index contributed by atoms with van der Waals surface area (Å²) >= 11 is 0. The first-order valence-electron chi connectivity index (χ1n) is 6.11. The van der Waals surface area contributed by atoms with E-state index in [9.17, 15) is 8.42 Å². The summed E-state index contributed by atoms with van der Waals surface area (Å²) in [5.41, 5.74) is 3.03. The molecule has 0 amide bonds. The smallest absolute Gasteiger partial charge is 0.211 e. The molecule has 0 aromatic carbocycles. The molecule has 0 spiro atoms. The van der Waals surface area contributed by atoms with Gasteiger partial charge in [0.1, 0.15) is 0 Å². The van der Waals surface area contributed by atoms with E-state index in [2.05, 4.69) is 15.5 Å². The second-order valence-electron chi connectivity index (χ2n) is 4.89. The van der Waals surface area contributed by atoms with Crippen molar-refractivity contribution in [3.8, 4) is 0 Å². The fourth-order valence-electron chi connectivity index (χ4n) is 2.30. The van der Waals surface area contributed by atoms with Crippen molar-refractivity contribution in [1.29, 1.82) is 0 Å². The quantitative estimate of drug-likeness (QED) is 0.855. The van der Waals surface area contributed by atoms with Crippen molar-refractivity contribution >= 4 is 15.7 Å². The molecule has 2 rings (SSSR count). The van der Waals surface area contributed by atoms with Crippen molar-refractivity contribution in [2.45, 2.75) is 32.7 Å². The van der Waals surface area contributed by atoms with E-state index in [1.165, 1.54) is 6.26 Å². The molecule has 1 aromatic heterocycles. The van der Waals surface area contributed by atoms with Gasteiger partial charge in [0.2, 0.25) is 10.0 Å². The molecular weight excluding hydrogens is 252 g/mol. The van der Waals surface area contributed by atoms with Crippen LogP contribution in [0.3, 0.4) is 0 Å². The molecule has 1 fully saturated rings. The lowest BCUT2D eigenvalue weighted by atomic mass is 10.1. The van der Waals surface area contributed by atoms with E-state index < -0.39 is 10.0 Å².